The molecule has 17 heavy (non-hydrogen) atoms. The molecule has 0 aromatic carbocycles. The molecule has 2 fully saturated rings. The van der Waals surface area contributed by atoms with Gasteiger partial charge in [0.25, 0.3) is 0 Å². The van der Waals surface area contributed by atoms with E-state index >= 15 is 0 Å². The number of aromatic nitrogens is 2. The minimum Gasteiger partial charge on any atom is -0.294 e. The third kappa shape index (κ3) is 2.49. The molecule has 1 aliphatic carbocycles. The van der Waals surface area contributed by atoms with Crippen molar-refractivity contribution in [2.24, 2.45) is 5.92 Å². The molecule has 0 N–H and O–H groups in total. The van der Waals surface area contributed by atoms with Crippen LogP contribution in [0.25, 0.3) is 0 Å². The fourth-order valence-corrected chi connectivity index (χ4v) is 4.02. The van der Waals surface area contributed by atoms with Gasteiger partial charge in [0.15, 0.2) is 0 Å². The van der Waals surface area contributed by atoms with E-state index in [1.165, 1.54) is 56.6 Å². The summed E-state index contributed by atoms with van der Waals surface area (Å²) in [5.41, 5.74) is 0.974. The maximum Gasteiger partial charge on any atom is 0.138 e. The maximum atomic E-state index is 6.09. The zero-order valence-corrected chi connectivity index (χ0v) is 11.5. The van der Waals surface area contributed by atoms with Gasteiger partial charge < -0.3 is 0 Å². The van der Waals surface area contributed by atoms with Crippen molar-refractivity contribution in [3.05, 3.63) is 10.0 Å². The average molecular weight is 272 g/mol. The second-order valence-corrected chi connectivity index (χ2v) is 6.57. The quantitative estimate of drug-likeness (QED) is 0.844. The molecule has 1 aliphatic heterocycles. The van der Waals surface area contributed by atoms with Gasteiger partial charge in [0.1, 0.15) is 10.0 Å². The Morgan fingerprint density at radius 1 is 1.24 bits per heavy atom. The molecule has 1 unspecified atom stereocenters. The van der Waals surface area contributed by atoms with Crippen molar-refractivity contribution in [1.82, 2.24) is 14.5 Å². The monoisotopic (exact) mass is 271 g/mol. The van der Waals surface area contributed by atoms with Crippen LogP contribution in [0, 0.1) is 5.92 Å². The first-order chi connectivity index (χ1) is 8.34. The number of nitrogens with zero attached hydrogens (tertiary/aromatic N) is 3. The van der Waals surface area contributed by atoms with Crippen LogP contribution in [0.2, 0.25) is 4.34 Å². The Morgan fingerprint density at radius 2 is 2.06 bits per heavy atom. The molecule has 94 valence electrons. The predicted molar refractivity (Wildman–Crippen MR) is 70.3 cm³/mol. The first-order valence-corrected chi connectivity index (χ1v) is 7.70. The molecule has 0 amide bonds. The van der Waals surface area contributed by atoms with E-state index in [2.05, 4.69) is 14.5 Å². The lowest BCUT2D eigenvalue weighted by atomic mass is 9.96. The Balaban J connectivity index is 1.67. The summed E-state index contributed by atoms with van der Waals surface area (Å²) in [6.45, 7) is 2.10. The van der Waals surface area contributed by atoms with Crippen molar-refractivity contribution >= 4 is 23.1 Å². The number of hydrogen-bond acceptors (Lipinski definition) is 4. The molecule has 0 radical (unpaired) electrons. The van der Waals surface area contributed by atoms with Crippen molar-refractivity contribution in [1.29, 1.82) is 0 Å². The van der Waals surface area contributed by atoms with Gasteiger partial charge in [-0.25, -0.2) is 0 Å². The highest BCUT2D eigenvalue weighted by molar-refractivity contribution is 7.10. The first kappa shape index (κ1) is 11.9. The Morgan fingerprint density at radius 3 is 2.76 bits per heavy atom. The van der Waals surface area contributed by atoms with Crippen molar-refractivity contribution in [3.8, 4) is 0 Å². The predicted octanol–water partition coefficient (Wildman–Crippen LogP) is 3.35. The molecule has 1 atom stereocenters. The SMILES string of the molecule is Clc1snnc1CN1CCCC1C1CCCC1. The molecule has 2 aliphatic rings. The molecule has 1 aromatic heterocycles. The summed E-state index contributed by atoms with van der Waals surface area (Å²) in [7, 11) is 0. The Hall–Kier alpha value is -0.190. The molecule has 0 bridgehead atoms. The summed E-state index contributed by atoms with van der Waals surface area (Å²) >= 11 is 7.39. The lowest BCUT2D eigenvalue weighted by Crippen LogP contribution is -2.34. The summed E-state index contributed by atoms with van der Waals surface area (Å²) in [5, 5.41) is 4.14. The molecule has 5 heteroatoms. The van der Waals surface area contributed by atoms with E-state index in [1.807, 2.05) is 0 Å². The van der Waals surface area contributed by atoms with E-state index in [1.54, 1.807) is 0 Å². The van der Waals surface area contributed by atoms with E-state index < -0.39 is 0 Å². The standard InChI is InChI=1S/C12H18ClN3S/c13-12-10(14-15-17-12)8-16-7-3-6-11(16)9-4-1-2-5-9/h9,11H,1-8H2. The first-order valence-electron chi connectivity index (χ1n) is 6.55. The average Bonchev–Trinajstić information content (AvgIpc) is 3.02. The molecule has 1 saturated heterocycles. The number of hydrogen-bond donors (Lipinski definition) is 0. The normalized spacial score (nSPS) is 27.0. The van der Waals surface area contributed by atoms with Crippen LogP contribution < -0.4 is 0 Å². The molecule has 0 spiro atoms. The van der Waals surface area contributed by atoms with Crippen LogP contribution in [0.5, 0.6) is 0 Å². The largest absolute Gasteiger partial charge is 0.294 e. The smallest absolute Gasteiger partial charge is 0.138 e. The highest BCUT2D eigenvalue weighted by Gasteiger charge is 2.33. The molecular weight excluding hydrogens is 254 g/mol. The van der Waals surface area contributed by atoms with Gasteiger partial charge >= 0.3 is 0 Å². The van der Waals surface area contributed by atoms with Crippen LogP contribution >= 0.6 is 23.1 Å². The molecule has 2 heterocycles. The van der Waals surface area contributed by atoms with Gasteiger partial charge in [0.2, 0.25) is 0 Å². The Labute approximate surface area is 111 Å². The maximum absolute atomic E-state index is 6.09. The molecule has 3 nitrogen and oxygen atoms in total. The van der Waals surface area contributed by atoms with Gasteiger partial charge in [0, 0.05) is 24.1 Å². The van der Waals surface area contributed by atoms with Crippen molar-refractivity contribution in [2.45, 2.75) is 51.1 Å². The lowest BCUT2D eigenvalue weighted by molar-refractivity contribution is 0.181. The highest BCUT2D eigenvalue weighted by atomic mass is 35.5. The van der Waals surface area contributed by atoms with E-state index in [0.29, 0.717) is 0 Å². The zero-order valence-electron chi connectivity index (χ0n) is 9.94. The number of likely N-dealkylation sites (tertiary alicyclic amines) is 1. The molecular formula is C12H18ClN3S. The minimum atomic E-state index is 0.766. The summed E-state index contributed by atoms with van der Waals surface area (Å²) in [4.78, 5) is 2.58. The molecule has 1 aromatic rings. The van der Waals surface area contributed by atoms with Crippen LogP contribution in [0.15, 0.2) is 0 Å². The summed E-state index contributed by atoms with van der Waals surface area (Å²) in [5.74, 6) is 0.919. The summed E-state index contributed by atoms with van der Waals surface area (Å²) in [6.07, 6.45) is 8.38. The number of halogens is 1. The van der Waals surface area contributed by atoms with Crippen LogP contribution in [0.3, 0.4) is 0 Å². The van der Waals surface area contributed by atoms with Gasteiger partial charge in [-0.05, 0) is 38.1 Å². The Bertz CT molecular complexity index is 376. The highest BCUT2D eigenvalue weighted by Crippen LogP contribution is 2.36. The van der Waals surface area contributed by atoms with E-state index in [-0.39, 0.29) is 0 Å². The fourth-order valence-electron chi connectivity index (χ4n) is 3.41. The van der Waals surface area contributed by atoms with Gasteiger partial charge in [-0.3, -0.25) is 4.90 Å². The van der Waals surface area contributed by atoms with Crippen molar-refractivity contribution in [3.63, 3.8) is 0 Å². The van der Waals surface area contributed by atoms with Crippen LogP contribution in [0.1, 0.15) is 44.2 Å². The second-order valence-electron chi connectivity index (χ2n) is 5.22. The van der Waals surface area contributed by atoms with Gasteiger partial charge in [-0.1, -0.05) is 28.9 Å². The lowest BCUT2D eigenvalue weighted by Gasteiger charge is -2.28. The van der Waals surface area contributed by atoms with Crippen LogP contribution in [-0.4, -0.2) is 27.1 Å². The van der Waals surface area contributed by atoms with Gasteiger partial charge in [0.05, 0.1) is 0 Å². The topological polar surface area (TPSA) is 29.0 Å². The third-order valence-electron chi connectivity index (χ3n) is 4.22. The summed E-state index contributed by atoms with van der Waals surface area (Å²) < 4.78 is 4.69. The van der Waals surface area contributed by atoms with Crippen molar-refractivity contribution in [2.75, 3.05) is 6.54 Å². The molecule has 1 saturated carbocycles. The van der Waals surface area contributed by atoms with E-state index in [0.717, 1.165) is 28.5 Å². The zero-order chi connectivity index (χ0) is 11.7. The van der Waals surface area contributed by atoms with E-state index in [9.17, 15) is 0 Å². The summed E-state index contributed by atoms with van der Waals surface area (Å²) in [6, 6.07) is 0.773. The van der Waals surface area contributed by atoms with Crippen molar-refractivity contribution < 1.29 is 0 Å². The molecule has 3 rings (SSSR count). The van der Waals surface area contributed by atoms with E-state index in [4.69, 9.17) is 11.6 Å². The fraction of sp³-hybridized carbons (Fsp3) is 0.833. The Kier molecular flexibility index (Phi) is 3.64. The third-order valence-corrected chi connectivity index (χ3v) is 5.20. The minimum absolute atomic E-state index is 0.766. The van der Waals surface area contributed by atoms with Gasteiger partial charge in [-0.2, -0.15) is 0 Å². The number of rotatable bonds is 3. The van der Waals surface area contributed by atoms with Gasteiger partial charge in [-0.15, -0.1) is 5.10 Å². The second kappa shape index (κ2) is 5.21. The van der Waals surface area contributed by atoms with Crippen LogP contribution in [-0.2, 0) is 6.54 Å². The van der Waals surface area contributed by atoms with Crippen LogP contribution in [0.4, 0.5) is 0 Å².